The van der Waals surface area contributed by atoms with Gasteiger partial charge in [-0.1, -0.05) is 29.1 Å². The van der Waals surface area contributed by atoms with Gasteiger partial charge in [0, 0.05) is 5.82 Å². The van der Waals surface area contributed by atoms with Crippen LogP contribution in [0.2, 0.25) is 0 Å². The highest BCUT2D eigenvalue weighted by atomic mass is 31.2. The average molecular weight is 276 g/mol. The van der Waals surface area contributed by atoms with Crippen LogP contribution in [-0.2, 0) is 13.0 Å². The number of hydrogen-bond acceptors (Lipinski definition) is 3. The fraction of sp³-hybridized carbons (Fsp3) is 0.400. The molecule has 0 N–H and O–H groups in total. The second kappa shape index (κ2) is 7.98. The van der Waals surface area contributed by atoms with Crippen molar-refractivity contribution < 1.29 is 13.0 Å². The molecule has 0 rings (SSSR count). The van der Waals surface area contributed by atoms with Crippen LogP contribution in [0.1, 0.15) is 27.7 Å². The third-order valence-corrected chi connectivity index (χ3v) is 8.24. The number of rotatable bonds is 7. The van der Waals surface area contributed by atoms with Gasteiger partial charge >= 0.3 is 7.60 Å². The Balaban J connectivity index is 4.32. The van der Waals surface area contributed by atoms with E-state index in [0.717, 1.165) is 10.4 Å². The lowest BCUT2D eigenvalue weighted by molar-refractivity contribution is 0.419. The average Bonchev–Trinajstić information content (AvgIpc) is 2.32. The van der Waals surface area contributed by atoms with Crippen LogP contribution in [0.3, 0.4) is 0 Å². The van der Waals surface area contributed by atoms with Crippen molar-refractivity contribution >= 4 is 27.1 Å². The zero-order valence-corrected chi connectivity index (χ0v) is 14.2. The van der Waals surface area contributed by atoms with Crippen LogP contribution in [0.5, 0.6) is 0 Å². The van der Waals surface area contributed by atoms with Crippen LogP contribution in [0.15, 0.2) is 34.9 Å². The van der Waals surface area contributed by atoms with Gasteiger partial charge in [-0.3, -0.25) is 4.57 Å². The lowest BCUT2D eigenvalue weighted by Gasteiger charge is -2.15. The first-order valence-electron chi connectivity index (χ1n) is 5.23. The van der Waals surface area contributed by atoms with Gasteiger partial charge in [0.15, 0.2) is 19.5 Å². The molecule has 0 radical (unpaired) electrons. The number of allylic oxidation sites excluding steroid dienone is 4. The van der Waals surface area contributed by atoms with Crippen molar-refractivity contribution in [3.05, 3.63) is 34.9 Å². The SMILES string of the molecule is C=CP(=O)(O[SiH2]C(C)=CC)O[SiH2]C(C)=CC. The summed E-state index contributed by atoms with van der Waals surface area (Å²) in [6, 6.07) is 0. The van der Waals surface area contributed by atoms with Crippen LogP contribution >= 0.6 is 7.60 Å². The molecule has 0 aromatic carbocycles. The van der Waals surface area contributed by atoms with E-state index in [1.807, 2.05) is 39.8 Å². The Morgan fingerprint density at radius 2 is 1.50 bits per heavy atom. The summed E-state index contributed by atoms with van der Waals surface area (Å²) in [6.45, 7) is 11.4. The minimum atomic E-state index is -3.03. The van der Waals surface area contributed by atoms with Crippen molar-refractivity contribution in [3.8, 4) is 0 Å². The molecule has 0 amide bonds. The molecule has 0 aliphatic carbocycles. The Morgan fingerprint density at radius 1 is 1.12 bits per heavy atom. The molecule has 3 nitrogen and oxygen atoms in total. The first-order valence-corrected chi connectivity index (χ1v) is 9.41. The molecule has 0 bridgehead atoms. The van der Waals surface area contributed by atoms with E-state index in [1.54, 1.807) is 0 Å². The zero-order valence-electron chi connectivity index (χ0n) is 10.5. The van der Waals surface area contributed by atoms with Gasteiger partial charge in [0.1, 0.15) is 0 Å². The monoisotopic (exact) mass is 276 g/mol. The van der Waals surface area contributed by atoms with Gasteiger partial charge in [-0.25, -0.2) is 0 Å². The standard InChI is InChI=1S/C10H21O3PSi2/c1-6-9(4)15-12-14(11,8-3)13-16-10(5)7-2/h6-8H,3,15-16H2,1-2,4-5H3. The van der Waals surface area contributed by atoms with Gasteiger partial charge in [0.05, 0.1) is 0 Å². The van der Waals surface area contributed by atoms with Crippen molar-refractivity contribution in [2.75, 3.05) is 0 Å². The summed E-state index contributed by atoms with van der Waals surface area (Å²) in [5, 5.41) is 2.32. The zero-order chi connectivity index (χ0) is 12.6. The molecule has 0 atom stereocenters. The molecule has 0 heterocycles. The summed E-state index contributed by atoms with van der Waals surface area (Å²) in [5.74, 6) is 1.32. The maximum atomic E-state index is 12.1. The van der Waals surface area contributed by atoms with Crippen molar-refractivity contribution in [2.45, 2.75) is 27.7 Å². The molecule has 0 aliphatic rings. The molecule has 0 spiro atoms. The molecule has 0 aromatic rings. The van der Waals surface area contributed by atoms with Crippen LogP contribution < -0.4 is 0 Å². The van der Waals surface area contributed by atoms with Gasteiger partial charge in [0.25, 0.3) is 0 Å². The van der Waals surface area contributed by atoms with Gasteiger partial charge in [-0.05, 0) is 27.7 Å². The van der Waals surface area contributed by atoms with Gasteiger partial charge in [-0.2, -0.15) is 0 Å². The summed E-state index contributed by atoms with van der Waals surface area (Å²) in [4.78, 5) is 0. The van der Waals surface area contributed by atoms with E-state index in [9.17, 15) is 4.57 Å². The Kier molecular flexibility index (Phi) is 7.88. The molecular weight excluding hydrogens is 255 g/mol. The third kappa shape index (κ3) is 6.40. The first kappa shape index (κ1) is 15.8. The van der Waals surface area contributed by atoms with Crippen molar-refractivity contribution in [1.82, 2.24) is 0 Å². The van der Waals surface area contributed by atoms with Gasteiger partial charge in [0.2, 0.25) is 0 Å². The molecule has 0 aliphatic heterocycles. The molecule has 0 fully saturated rings. The van der Waals surface area contributed by atoms with E-state index in [2.05, 4.69) is 6.58 Å². The topological polar surface area (TPSA) is 35.5 Å². The van der Waals surface area contributed by atoms with E-state index in [4.69, 9.17) is 8.43 Å². The minimum Gasteiger partial charge on any atom is -0.351 e. The van der Waals surface area contributed by atoms with Crippen LogP contribution in [0.4, 0.5) is 0 Å². The van der Waals surface area contributed by atoms with Crippen molar-refractivity contribution in [2.24, 2.45) is 0 Å². The largest absolute Gasteiger partial charge is 0.351 e. The Hall–Kier alpha value is -0.196. The lowest BCUT2D eigenvalue weighted by Crippen LogP contribution is -2.04. The van der Waals surface area contributed by atoms with Crippen LogP contribution in [0, 0.1) is 0 Å². The Morgan fingerprint density at radius 3 is 1.75 bits per heavy atom. The third-order valence-electron chi connectivity index (χ3n) is 2.15. The second-order valence-electron chi connectivity index (χ2n) is 3.54. The van der Waals surface area contributed by atoms with Crippen LogP contribution in [-0.4, -0.2) is 19.5 Å². The molecule has 16 heavy (non-hydrogen) atoms. The summed E-state index contributed by atoms with van der Waals surface area (Å²) >= 11 is 0. The quantitative estimate of drug-likeness (QED) is 0.529. The van der Waals surface area contributed by atoms with E-state index in [-0.39, 0.29) is 0 Å². The van der Waals surface area contributed by atoms with Gasteiger partial charge < -0.3 is 8.43 Å². The molecule has 92 valence electrons. The molecule has 6 heteroatoms. The van der Waals surface area contributed by atoms with Crippen molar-refractivity contribution in [3.63, 3.8) is 0 Å². The Bertz CT molecular complexity index is 311. The summed E-state index contributed by atoms with van der Waals surface area (Å²) in [6.07, 6.45) is 3.96. The minimum absolute atomic E-state index is 0.926. The summed E-state index contributed by atoms with van der Waals surface area (Å²) < 4.78 is 22.9. The molecule has 0 saturated carbocycles. The second-order valence-corrected chi connectivity index (χ2v) is 9.86. The van der Waals surface area contributed by atoms with E-state index in [1.165, 1.54) is 5.82 Å². The molecular formula is C10H21O3PSi2. The van der Waals surface area contributed by atoms with Crippen molar-refractivity contribution in [1.29, 1.82) is 0 Å². The maximum absolute atomic E-state index is 12.1. The highest BCUT2D eigenvalue weighted by Crippen LogP contribution is 2.48. The van der Waals surface area contributed by atoms with E-state index >= 15 is 0 Å². The highest BCUT2D eigenvalue weighted by molar-refractivity contribution is 7.59. The smallest absolute Gasteiger partial charge is 0.333 e. The Labute approximate surface area is 103 Å². The lowest BCUT2D eigenvalue weighted by atomic mass is 10.6. The molecule has 0 aromatic heterocycles. The fourth-order valence-electron chi connectivity index (χ4n) is 0.693. The summed E-state index contributed by atoms with van der Waals surface area (Å²) in [5.41, 5.74) is 0. The van der Waals surface area contributed by atoms with E-state index in [0.29, 0.717) is 0 Å². The number of hydrogen-bond donors (Lipinski definition) is 0. The fourth-order valence-corrected chi connectivity index (χ4v) is 5.91. The predicted molar refractivity (Wildman–Crippen MR) is 75.9 cm³/mol. The molecule has 0 unspecified atom stereocenters. The molecule has 0 saturated heterocycles. The normalized spacial score (nSPS) is 18.5. The summed E-state index contributed by atoms with van der Waals surface area (Å²) in [7, 11) is -4.88. The van der Waals surface area contributed by atoms with E-state index < -0.39 is 27.1 Å². The highest BCUT2D eigenvalue weighted by Gasteiger charge is 2.19. The van der Waals surface area contributed by atoms with Gasteiger partial charge in [-0.15, -0.1) is 0 Å². The van der Waals surface area contributed by atoms with Crippen LogP contribution in [0.25, 0.3) is 0 Å². The maximum Gasteiger partial charge on any atom is 0.333 e. The first-order chi connectivity index (χ1) is 7.47. The predicted octanol–water partition coefficient (Wildman–Crippen LogP) is 2.37.